The van der Waals surface area contributed by atoms with Gasteiger partial charge in [-0.3, -0.25) is 14.9 Å². The third-order valence-corrected chi connectivity index (χ3v) is 3.61. The van der Waals surface area contributed by atoms with Crippen LogP contribution in [0.1, 0.15) is 22.1 Å². The number of benzene rings is 1. The van der Waals surface area contributed by atoms with E-state index in [4.69, 9.17) is 13.6 Å². The third-order valence-electron chi connectivity index (χ3n) is 3.61. The zero-order valence-electron chi connectivity index (χ0n) is 14.5. The molecular weight excluding hydrogens is 354 g/mol. The van der Waals surface area contributed by atoms with Crippen LogP contribution in [0, 0.1) is 17.0 Å². The molecule has 0 saturated carbocycles. The molecule has 9 heteroatoms. The number of hydrogen-bond donors (Lipinski definition) is 1. The summed E-state index contributed by atoms with van der Waals surface area (Å²) in [5.41, 5.74) is 2.67. The third kappa shape index (κ3) is 4.03. The van der Waals surface area contributed by atoms with Crippen LogP contribution >= 0.6 is 0 Å². The van der Waals surface area contributed by atoms with E-state index in [-0.39, 0.29) is 11.4 Å². The Morgan fingerprint density at radius 3 is 2.70 bits per heavy atom. The van der Waals surface area contributed by atoms with Gasteiger partial charge in [-0.05, 0) is 37.3 Å². The number of carbonyl (C=O) groups is 1. The Kier molecular flexibility index (Phi) is 5.02. The van der Waals surface area contributed by atoms with E-state index in [2.05, 4.69) is 10.5 Å². The summed E-state index contributed by atoms with van der Waals surface area (Å²) in [6, 6.07) is 10.7. The molecule has 0 fully saturated rings. The zero-order valence-corrected chi connectivity index (χ0v) is 14.5. The lowest BCUT2D eigenvalue weighted by Crippen LogP contribution is -2.16. The van der Waals surface area contributed by atoms with Crippen molar-refractivity contribution >= 4 is 17.8 Å². The molecule has 0 bridgehead atoms. The summed E-state index contributed by atoms with van der Waals surface area (Å²) >= 11 is 0. The van der Waals surface area contributed by atoms with Crippen LogP contribution in [0.5, 0.6) is 5.75 Å². The van der Waals surface area contributed by atoms with Crippen LogP contribution in [0.15, 0.2) is 56.4 Å². The van der Waals surface area contributed by atoms with Crippen molar-refractivity contribution in [2.75, 3.05) is 7.11 Å². The van der Waals surface area contributed by atoms with Crippen molar-refractivity contribution in [3.8, 4) is 17.1 Å². The molecule has 0 atom stereocenters. The average Bonchev–Trinajstić information content (AvgIpc) is 3.30. The summed E-state index contributed by atoms with van der Waals surface area (Å²) in [5.74, 6) is 1.41. The van der Waals surface area contributed by atoms with Gasteiger partial charge in [0.25, 0.3) is 5.69 Å². The van der Waals surface area contributed by atoms with Gasteiger partial charge in [-0.25, -0.2) is 5.43 Å². The number of carbonyl (C=O) groups excluding carboxylic acids is 1. The Bertz CT molecular complexity index is 1020. The van der Waals surface area contributed by atoms with Gasteiger partial charge in [0.2, 0.25) is 0 Å². The summed E-state index contributed by atoms with van der Waals surface area (Å²) in [4.78, 5) is 22.3. The largest absolute Gasteiger partial charge is 0.496 e. The predicted octanol–water partition coefficient (Wildman–Crippen LogP) is 3.53. The lowest BCUT2D eigenvalue weighted by atomic mass is 10.1. The molecule has 0 aliphatic carbocycles. The number of non-ortho nitro benzene ring substituents is 1. The number of aryl methyl sites for hydroxylation is 1. The molecule has 0 aliphatic rings. The Labute approximate surface area is 153 Å². The van der Waals surface area contributed by atoms with E-state index in [0.29, 0.717) is 28.6 Å². The van der Waals surface area contributed by atoms with Crippen LogP contribution in [0.25, 0.3) is 11.3 Å². The van der Waals surface area contributed by atoms with E-state index in [1.165, 1.54) is 31.5 Å². The molecule has 0 spiro atoms. The molecule has 0 radical (unpaired) electrons. The smallest absolute Gasteiger partial charge is 0.307 e. The van der Waals surface area contributed by atoms with Gasteiger partial charge in [0.15, 0.2) is 5.76 Å². The maximum absolute atomic E-state index is 11.8. The van der Waals surface area contributed by atoms with Crippen molar-refractivity contribution in [1.82, 2.24) is 5.43 Å². The maximum atomic E-state index is 11.8. The molecule has 0 saturated heterocycles. The van der Waals surface area contributed by atoms with Crippen molar-refractivity contribution in [2.45, 2.75) is 6.92 Å². The highest BCUT2D eigenvalue weighted by atomic mass is 16.6. The van der Waals surface area contributed by atoms with Gasteiger partial charge in [-0.2, -0.15) is 5.10 Å². The van der Waals surface area contributed by atoms with Crippen molar-refractivity contribution in [2.24, 2.45) is 5.10 Å². The van der Waals surface area contributed by atoms with Crippen LogP contribution in [0.2, 0.25) is 0 Å². The molecule has 2 aromatic heterocycles. The molecule has 3 aromatic rings. The number of furan rings is 2. The lowest BCUT2D eigenvalue weighted by molar-refractivity contribution is -0.384. The monoisotopic (exact) mass is 369 g/mol. The van der Waals surface area contributed by atoms with Crippen LogP contribution in [0.4, 0.5) is 5.69 Å². The Morgan fingerprint density at radius 1 is 1.22 bits per heavy atom. The first-order valence-corrected chi connectivity index (χ1v) is 7.80. The number of ether oxygens (including phenoxy) is 1. The van der Waals surface area contributed by atoms with Crippen LogP contribution in [-0.2, 0) is 0 Å². The number of nitro benzene ring substituents is 1. The van der Waals surface area contributed by atoms with Crippen molar-refractivity contribution in [3.63, 3.8) is 0 Å². The highest BCUT2D eigenvalue weighted by Gasteiger charge is 2.15. The standard InChI is InChI=1S/C18H15N3O6/c1-11-3-6-17(26-11)18(22)20-19-10-13-5-8-16(27-13)14-9-12(21(23)24)4-7-15(14)25-2/h3-10H,1-2H3,(H,20,22)/b19-10+. The van der Waals surface area contributed by atoms with Crippen molar-refractivity contribution in [1.29, 1.82) is 0 Å². The molecule has 1 aromatic carbocycles. The zero-order chi connectivity index (χ0) is 19.4. The Morgan fingerprint density at radius 2 is 2.04 bits per heavy atom. The number of nitrogens with zero attached hydrogens (tertiary/aromatic N) is 2. The van der Waals surface area contributed by atoms with Gasteiger partial charge >= 0.3 is 5.91 Å². The van der Waals surface area contributed by atoms with Gasteiger partial charge in [0, 0.05) is 12.1 Å². The minimum atomic E-state index is -0.500. The molecule has 9 nitrogen and oxygen atoms in total. The van der Waals surface area contributed by atoms with E-state index in [1.807, 2.05) is 0 Å². The summed E-state index contributed by atoms with van der Waals surface area (Å²) < 4.78 is 16.0. The first-order valence-electron chi connectivity index (χ1n) is 7.80. The lowest BCUT2D eigenvalue weighted by Gasteiger charge is -2.05. The molecule has 1 amide bonds. The molecule has 1 N–H and O–H groups in total. The fourth-order valence-electron chi connectivity index (χ4n) is 2.34. The second kappa shape index (κ2) is 7.56. The molecule has 0 unspecified atom stereocenters. The Balaban J connectivity index is 1.76. The fraction of sp³-hybridized carbons (Fsp3) is 0.111. The molecule has 27 heavy (non-hydrogen) atoms. The topological polar surface area (TPSA) is 120 Å². The number of methoxy groups -OCH3 is 1. The SMILES string of the molecule is COc1ccc([N+](=O)[O-])cc1-c1ccc(/C=N/NC(=O)c2ccc(C)o2)o1. The van der Waals surface area contributed by atoms with Gasteiger partial charge < -0.3 is 13.6 Å². The second-order valence-corrected chi connectivity index (χ2v) is 5.45. The van der Waals surface area contributed by atoms with E-state index >= 15 is 0 Å². The quantitative estimate of drug-likeness (QED) is 0.403. The molecular formula is C18H15N3O6. The normalized spacial score (nSPS) is 10.9. The average molecular weight is 369 g/mol. The number of hydrazone groups is 1. The van der Waals surface area contributed by atoms with Gasteiger partial charge in [0.05, 0.1) is 23.8 Å². The number of nitro groups is 1. The molecule has 3 rings (SSSR count). The minimum absolute atomic E-state index is 0.0848. The number of nitrogens with one attached hydrogen (secondary N) is 1. The molecule has 2 heterocycles. The molecule has 0 aliphatic heterocycles. The summed E-state index contributed by atoms with van der Waals surface area (Å²) in [5, 5.41) is 14.8. The number of hydrogen-bond acceptors (Lipinski definition) is 7. The summed E-state index contributed by atoms with van der Waals surface area (Å²) in [6.45, 7) is 1.73. The first kappa shape index (κ1) is 17.9. The van der Waals surface area contributed by atoms with Crippen LogP contribution in [-0.4, -0.2) is 24.2 Å². The molecule has 138 valence electrons. The van der Waals surface area contributed by atoms with Gasteiger partial charge in [-0.1, -0.05) is 0 Å². The van der Waals surface area contributed by atoms with E-state index < -0.39 is 10.8 Å². The van der Waals surface area contributed by atoms with Crippen LogP contribution in [0.3, 0.4) is 0 Å². The van der Waals surface area contributed by atoms with Gasteiger partial charge in [0.1, 0.15) is 23.0 Å². The fourth-order valence-corrected chi connectivity index (χ4v) is 2.34. The summed E-state index contributed by atoms with van der Waals surface area (Å²) in [7, 11) is 1.46. The predicted molar refractivity (Wildman–Crippen MR) is 95.9 cm³/mol. The Hall–Kier alpha value is -3.88. The highest BCUT2D eigenvalue weighted by molar-refractivity contribution is 5.92. The van der Waals surface area contributed by atoms with Crippen molar-refractivity contribution < 1.29 is 23.3 Å². The number of amides is 1. The minimum Gasteiger partial charge on any atom is -0.496 e. The number of rotatable bonds is 6. The maximum Gasteiger partial charge on any atom is 0.307 e. The van der Waals surface area contributed by atoms with E-state index in [1.54, 1.807) is 31.2 Å². The van der Waals surface area contributed by atoms with E-state index in [0.717, 1.165) is 0 Å². The highest BCUT2D eigenvalue weighted by Crippen LogP contribution is 2.34. The van der Waals surface area contributed by atoms with Crippen molar-refractivity contribution in [3.05, 3.63) is 69.9 Å². The summed E-state index contributed by atoms with van der Waals surface area (Å²) in [6.07, 6.45) is 1.31. The van der Waals surface area contributed by atoms with Crippen LogP contribution < -0.4 is 10.2 Å². The van der Waals surface area contributed by atoms with E-state index in [9.17, 15) is 14.9 Å². The van der Waals surface area contributed by atoms with Gasteiger partial charge in [-0.15, -0.1) is 0 Å². The second-order valence-electron chi connectivity index (χ2n) is 5.45. The first-order chi connectivity index (χ1) is 13.0.